The van der Waals surface area contributed by atoms with E-state index in [4.69, 9.17) is 0 Å². The molecule has 0 aliphatic carbocycles. The predicted octanol–water partition coefficient (Wildman–Crippen LogP) is -3.48. The largest absolute Gasteiger partial charge is 1.00 e. The van der Waals surface area contributed by atoms with Crippen LogP contribution in [0.1, 0.15) is 1.43 Å². The number of hydrogen-bond donors (Lipinski definition) is 0. The van der Waals surface area contributed by atoms with Gasteiger partial charge in [0.05, 0.1) is 0 Å². The van der Waals surface area contributed by atoms with Crippen LogP contribution in [0.25, 0.3) is 0 Å². The Morgan fingerprint density at radius 1 is 1.10 bits per heavy atom. The summed E-state index contributed by atoms with van der Waals surface area (Å²) in [6.07, 6.45) is 0. The summed E-state index contributed by atoms with van der Waals surface area (Å²) in [5.74, 6) is 0. The Morgan fingerprint density at radius 3 is 1.30 bits per heavy atom. The van der Waals surface area contributed by atoms with Crippen molar-refractivity contribution in [2.75, 3.05) is 28.2 Å². The van der Waals surface area contributed by atoms with Gasteiger partial charge in [0.15, 0.2) is 0 Å². The minimum Gasteiger partial charge on any atom is -1.00 e. The zero-order valence-electron chi connectivity index (χ0n) is 8.30. The second-order valence-electron chi connectivity index (χ2n) is 2.07. The topological polar surface area (TPSA) is 55.1 Å². The fourth-order valence-electron chi connectivity index (χ4n) is 0.400. The van der Waals surface area contributed by atoms with Crippen molar-refractivity contribution in [2.45, 2.75) is 0 Å². The van der Waals surface area contributed by atoms with Gasteiger partial charge in [0, 0.05) is 28.2 Å². The summed E-state index contributed by atoms with van der Waals surface area (Å²) >= 11 is 0. The summed E-state index contributed by atoms with van der Waals surface area (Å²) < 4.78 is 0. The molecule has 0 unspecified atom stereocenters. The van der Waals surface area contributed by atoms with E-state index in [0.717, 1.165) is 0 Å². The second kappa shape index (κ2) is 7.97. The van der Waals surface area contributed by atoms with Gasteiger partial charge in [-0.3, -0.25) is 0 Å². The molecule has 0 aromatic rings. The number of carbonyl (C=O) groups excluding carboxylic acids is 1. The normalized spacial score (nSPS) is 6.80. The van der Waals surface area contributed by atoms with Crippen LogP contribution in [-0.2, 0) is 0 Å². The van der Waals surface area contributed by atoms with Crippen LogP contribution in [0.5, 0.6) is 0 Å². The van der Waals surface area contributed by atoms with Gasteiger partial charge in [-0.15, -0.1) is 0 Å². The van der Waals surface area contributed by atoms with E-state index in [1.807, 2.05) is 0 Å². The van der Waals surface area contributed by atoms with Crippen LogP contribution in [-0.4, -0.2) is 49.5 Å². The third kappa shape index (κ3) is 6.98. The first kappa shape index (κ1) is 17.1. The van der Waals surface area contributed by atoms with Crippen molar-refractivity contribution in [3.8, 4) is 0 Å². The van der Waals surface area contributed by atoms with Crippen molar-refractivity contribution < 1.29 is 63.1 Å². The number of rotatable bonds is 0. The molecule has 10 heavy (non-hydrogen) atoms. The monoisotopic (exact) mass is 174 g/mol. The van der Waals surface area contributed by atoms with Gasteiger partial charge in [0.25, 0.3) is 0 Å². The van der Waals surface area contributed by atoms with E-state index in [2.05, 4.69) is 0 Å². The Labute approximate surface area is 106 Å². The van der Waals surface area contributed by atoms with E-state index in [1.54, 1.807) is 28.2 Å². The van der Waals surface area contributed by atoms with Crippen molar-refractivity contribution >= 4 is 6.03 Å². The zero-order valence-corrected chi connectivity index (χ0v) is 10.4. The quantitative estimate of drug-likeness (QED) is 0.352. The van der Waals surface area contributed by atoms with Crippen LogP contribution in [0.15, 0.2) is 0 Å². The third-order valence-electron chi connectivity index (χ3n) is 0.765. The van der Waals surface area contributed by atoms with Crippen LogP contribution in [0.2, 0.25) is 0 Å². The predicted molar refractivity (Wildman–Crippen MR) is 37.5 cm³/mol. The third-order valence-corrected chi connectivity index (χ3v) is 0.765. The maximum absolute atomic E-state index is 10.7. The van der Waals surface area contributed by atoms with Gasteiger partial charge >= 0.3 is 57.4 Å². The molecule has 0 fully saturated rings. The molecule has 5 heteroatoms. The molecule has 4 nitrogen and oxygen atoms in total. The first-order valence-corrected chi connectivity index (χ1v) is 2.44. The van der Waals surface area contributed by atoms with Gasteiger partial charge in [-0.25, -0.2) is 4.79 Å². The van der Waals surface area contributed by atoms with Crippen molar-refractivity contribution in [3.63, 3.8) is 0 Å². The van der Waals surface area contributed by atoms with Gasteiger partial charge < -0.3 is 16.7 Å². The smallest absolute Gasteiger partial charge is 1.00 e. The van der Waals surface area contributed by atoms with Crippen LogP contribution in [0.4, 0.5) is 4.79 Å². The molecule has 0 aromatic heterocycles. The molecule has 0 radical (unpaired) electrons. The molecule has 0 saturated carbocycles. The molecule has 0 aliphatic heterocycles. The Kier molecular flexibility index (Phi) is 13.6. The summed E-state index contributed by atoms with van der Waals surface area (Å²) in [7, 11) is 6.90. The van der Waals surface area contributed by atoms with Crippen LogP contribution < -0.4 is 51.4 Å². The van der Waals surface area contributed by atoms with Crippen LogP contribution >= 0.6 is 0 Å². The number of urea groups is 1. The summed E-state index contributed by atoms with van der Waals surface area (Å²) in [5, 5.41) is 0. The van der Waals surface area contributed by atoms with Crippen LogP contribution in [0, 0.1) is 0 Å². The Bertz CT molecular complexity index is 90.5. The molecule has 0 saturated heterocycles. The van der Waals surface area contributed by atoms with Gasteiger partial charge in [-0.1, -0.05) is 0 Å². The molecular formula is C5H15KN2O2. The van der Waals surface area contributed by atoms with Crippen LogP contribution in [0.3, 0.4) is 0 Å². The molecule has 0 spiro atoms. The molecule has 0 aromatic carbocycles. The van der Waals surface area contributed by atoms with E-state index in [1.165, 1.54) is 9.80 Å². The Balaban J connectivity index is -0.0000000817. The molecule has 0 bridgehead atoms. The summed E-state index contributed by atoms with van der Waals surface area (Å²) in [6.45, 7) is 0. The second-order valence-corrected chi connectivity index (χ2v) is 2.07. The molecule has 2 amide bonds. The Morgan fingerprint density at radius 2 is 1.30 bits per heavy atom. The number of hydrogen-bond acceptors (Lipinski definition) is 1. The summed E-state index contributed by atoms with van der Waals surface area (Å²) in [4.78, 5) is 13.8. The van der Waals surface area contributed by atoms with Crippen molar-refractivity contribution in [3.05, 3.63) is 0 Å². The minimum atomic E-state index is 0. The standard InChI is InChI=1S/C5H12N2O.K.H2O.H/c1-6(2)5(8)7(3)4;;;/h1-4H3;;1H2;/q;+1;;-1. The molecule has 0 aliphatic rings. The average molecular weight is 174 g/mol. The zero-order chi connectivity index (χ0) is 6.73. The number of carbonyl (C=O) groups is 1. The van der Waals surface area contributed by atoms with E-state index in [9.17, 15) is 4.79 Å². The van der Waals surface area contributed by atoms with Gasteiger partial charge in [0.2, 0.25) is 0 Å². The van der Waals surface area contributed by atoms with E-state index in [-0.39, 0.29) is 64.3 Å². The van der Waals surface area contributed by atoms with E-state index in [0.29, 0.717) is 0 Å². The Hall–Kier alpha value is 0.866. The van der Waals surface area contributed by atoms with E-state index >= 15 is 0 Å². The minimum absolute atomic E-state index is 0. The number of amides is 2. The molecule has 0 atom stereocenters. The van der Waals surface area contributed by atoms with Crippen molar-refractivity contribution in [1.29, 1.82) is 0 Å². The maximum atomic E-state index is 10.7. The van der Waals surface area contributed by atoms with Gasteiger partial charge in [-0.2, -0.15) is 0 Å². The van der Waals surface area contributed by atoms with Crippen molar-refractivity contribution in [1.82, 2.24) is 9.80 Å². The SMILES string of the molecule is CN(C)C(=O)N(C)C.O.[H-].[K+]. The average Bonchev–Trinajstić information content (AvgIpc) is 1.64. The molecule has 58 valence electrons. The first-order chi connectivity index (χ1) is 3.55. The van der Waals surface area contributed by atoms with Gasteiger partial charge in [-0.05, 0) is 0 Å². The van der Waals surface area contributed by atoms with E-state index < -0.39 is 0 Å². The molecule has 0 rings (SSSR count). The fraction of sp³-hybridized carbons (Fsp3) is 0.800. The molecule has 2 N–H and O–H groups in total. The molecular weight excluding hydrogens is 159 g/mol. The summed E-state index contributed by atoms with van der Waals surface area (Å²) in [5.41, 5.74) is 0. The van der Waals surface area contributed by atoms with Gasteiger partial charge in [0.1, 0.15) is 0 Å². The first-order valence-electron chi connectivity index (χ1n) is 2.44. The maximum Gasteiger partial charge on any atom is 1.00 e. The summed E-state index contributed by atoms with van der Waals surface area (Å²) in [6, 6.07) is 0.0185. The van der Waals surface area contributed by atoms with Crippen molar-refractivity contribution in [2.24, 2.45) is 0 Å². The number of nitrogens with zero attached hydrogens (tertiary/aromatic N) is 2. The molecule has 0 heterocycles. The fourth-order valence-corrected chi connectivity index (χ4v) is 0.400.